The number of carbonyl (C=O) groups is 1. The molecule has 6 nitrogen and oxygen atoms in total. The minimum Gasteiger partial charge on any atom is -0.353 e. The molecule has 0 bridgehead atoms. The Kier molecular flexibility index (Phi) is 4.53. The molecule has 2 heterocycles. The lowest BCUT2D eigenvalue weighted by Crippen LogP contribution is -2.47. The molecule has 134 valence electrons. The van der Waals surface area contributed by atoms with E-state index in [9.17, 15) is 4.79 Å². The van der Waals surface area contributed by atoms with Crippen LogP contribution in [0.3, 0.4) is 0 Å². The van der Waals surface area contributed by atoms with Gasteiger partial charge in [0.15, 0.2) is 0 Å². The van der Waals surface area contributed by atoms with Crippen molar-refractivity contribution in [1.29, 1.82) is 0 Å². The molecule has 0 spiro atoms. The van der Waals surface area contributed by atoms with Crippen LogP contribution in [0.5, 0.6) is 0 Å². The molecule has 26 heavy (non-hydrogen) atoms. The molecule has 0 aliphatic carbocycles. The first-order valence-electron chi connectivity index (χ1n) is 8.58. The van der Waals surface area contributed by atoms with E-state index in [0.29, 0.717) is 11.4 Å². The molecule has 1 fully saturated rings. The molecule has 0 atom stereocenters. The first-order chi connectivity index (χ1) is 12.7. The molecule has 2 aromatic carbocycles. The van der Waals surface area contributed by atoms with Gasteiger partial charge in [0, 0.05) is 36.8 Å². The Labute approximate surface area is 157 Å². The van der Waals surface area contributed by atoms with Crippen molar-refractivity contribution in [2.45, 2.75) is 0 Å². The number of hydrazine groups is 1. The van der Waals surface area contributed by atoms with Gasteiger partial charge in [-0.1, -0.05) is 23.7 Å². The molecule has 2 aliphatic rings. The summed E-state index contributed by atoms with van der Waals surface area (Å²) < 4.78 is 0. The Hall–Kier alpha value is -2.57. The third kappa shape index (κ3) is 3.02. The number of carbonyl (C=O) groups excluding carboxylic acids is 1. The zero-order valence-electron chi connectivity index (χ0n) is 14.5. The van der Waals surface area contributed by atoms with Crippen LogP contribution in [0.25, 0.3) is 0 Å². The molecule has 7 heteroatoms. The van der Waals surface area contributed by atoms with Gasteiger partial charge in [0.1, 0.15) is 5.84 Å². The fourth-order valence-corrected chi connectivity index (χ4v) is 3.55. The second-order valence-electron chi connectivity index (χ2n) is 6.46. The summed E-state index contributed by atoms with van der Waals surface area (Å²) in [6.45, 7) is 3.78. The van der Waals surface area contributed by atoms with Crippen LogP contribution in [-0.4, -0.2) is 55.3 Å². The van der Waals surface area contributed by atoms with Crippen molar-refractivity contribution in [2.75, 3.05) is 38.2 Å². The van der Waals surface area contributed by atoms with Gasteiger partial charge in [-0.3, -0.25) is 15.2 Å². The lowest BCUT2D eigenvalue weighted by molar-refractivity contribution is -0.109. The second kappa shape index (κ2) is 6.97. The third-order valence-electron chi connectivity index (χ3n) is 4.78. The zero-order chi connectivity index (χ0) is 18.1. The van der Waals surface area contributed by atoms with Crippen molar-refractivity contribution in [3.05, 3.63) is 53.1 Å². The van der Waals surface area contributed by atoms with Crippen molar-refractivity contribution in [2.24, 2.45) is 4.99 Å². The van der Waals surface area contributed by atoms with Crippen molar-refractivity contribution in [3.8, 4) is 0 Å². The van der Waals surface area contributed by atoms with Gasteiger partial charge in [-0.15, -0.1) is 0 Å². The Morgan fingerprint density at radius 1 is 1.08 bits per heavy atom. The van der Waals surface area contributed by atoms with Crippen molar-refractivity contribution < 1.29 is 4.79 Å². The quantitative estimate of drug-likeness (QED) is 0.827. The number of nitrogens with one attached hydrogen (secondary N) is 1. The van der Waals surface area contributed by atoms with Crippen molar-refractivity contribution in [1.82, 2.24) is 15.2 Å². The van der Waals surface area contributed by atoms with E-state index in [2.05, 4.69) is 22.3 Å². The fourth-order valence-electron chi connectivity index (χ4n) is 3.39. The summed E-state index contributed by atoms with van der Waals surface area (Å²) >= 11 is 6.22. The molecule has 2 aliphatic heterocycles. The number of likely N-dealkylation sites (N-methyl/N-ethyl adjacent to an activating group) is 1. The van der Waals surface area contributed by atoms with Crippen LogP contribution in [-0.2, 0) is 4.79 Å². The van der Waals surface area contributed by atoms with Gasteiger partial charge in [0.2, 0.25) is 6.41 Å². The normalized spacial score (nSPS) is 17.1. The van der Waals surface area contributed by atoms with Gasteiger partial charge in [-0.25, -0.2) is 4.99 Å². The highest BCUT2D eigenvalue weighted by Crippen LogP contribution is 2.40. The summed E-state index contributed by atoms with van der Waals surface area (Å²) in [6, 6.07) is 13.5. The smallest absolute Gasteiger partial charge is 0.226 e. The molecule has 0 aromatic heterocycles. The number of fused-ring (bicyclic) bond motifs is 2. The maximum absolute atomic E-state index is 11.3. The highest BCUT2D eigenvalue weighted by Gasteiger charge is 2.27. The number of para-hydroxylation sites is 1. The zero-order valence-corrected chi connectivity index (χ0v) is 15.3. The molecule has 0 saturated carbocycles. The average Bonchev–Trinajstić information content (AvgIpc) is 2.78. The van der Waals surface area contributed by atoms with E-state index in [1.165, 1.54) is 0 Å². The van der Waals surface area contributed by atoms with Crippen LogP contribution in [0, 0.1) is 0 Å². The minimum atomic E-state index is 0.613. The molecule has 0 radical (unpaired) electrons. The van der Waals surface area contributed by atoms with Crippen LogP contribution in [0.15, 0.2) is 47.5 Å². The molecular weight excluding hydrogens is 350 g/mol. The maximum Gasteiger partial charge on any atom is 0.226 e. The number of halogens is 1. The van der Waals surface area contributed by atoms with Crippen LogP contribution >= 0.6 is 11.6 Å². The molecule has 0 unspecified atom stereocenters. The monoisotopic (exact) mass is 369 g/mol. The van der Waals surface area contributed by atoms with Crippen LogP contribution < -0.4 is 10.4 Å². The van der Waals surface area contributed by atoms with Crippen LogP contribution in [0.1, 0.15) is 5.56 Å². The van der Waals surface area contributed by atoms with Crippen molar-refractivity contribution in [3.63, 3.8) is 0 Å². The van der Waals surface area contributed by atoms with E-state index in [-0.39, 0.29) is 0 Å². The molecule has 4 rings (SSSR count). The number of aliphatic imine (C=N–C) groups is 1. The maximum atomic E-state index is 11.3. The predicted molar refractivity (Wildman–Crippen MR) is 104 cm³/mol. The van der Waals surface area contributed by atoms with Crippen LogP contribution in [0.2, 0.25) is 5.02 Å². The highest BCUT2D eigenvalue weighted by atomic mass is 35.5. The number of anilines is 2. The number of amidine groups is 1. The number of piperazine rings is 1. The summed E-state index contributed by atoms with van der Waals surface area (Å²) in [5.41, 5.74) is 6.19. The minimum absolute atomic E-state index is 0.613. The van der Waals surface area contributed by atoms with Gasteiger partial charge in [-0.05, 0) is 37.4 Å². The summed E-state index contributed by atoms with van der Waals surface area (Å²) in [5, 5.41) is 2.38. The predicted octanol–water partition coefficient (Wildman–Crippen LogP) is 2.78. The Morgan fingerprint density at radius 3 is 2.62 bits per heavy atom. The lowest BCUT2D eigenvalue weighted by atomic mass is 10.1. The number of rotatable bonds is 2. The average molecular weight is 370 g/mol. The van der Waals surface area contributed by atoms with Gasteiger partial charge in [0.05, 0.1) is 17.1 Å². The van der Waals surface area contributed by atoms with E-state index < -0.39 is 0 Å². The Morgan fingerprint density at radius 2 is 1.85 bits per heavy atom. The number of hydrogen-bond acceptors (Lipinski definition) is 5. The first-order valence-corrected chi connectivity index (χ1v) is 8.96. The summed E-state index contributed by atoms with van der Waals surface area (Å²) in [6.07, 6.45) is 0.677. The summed E-state index contributed by atoms with van der Waals surface area (Å²) in [4.78, 5) is 20.8. The van der Waals surface area contributed by atoms with Gasteiger partial charge < -0.3 is 9.80 Å². The van der Waals surface area contributed by atoms with Crippen molar-refractivity contribution >= 4 is 40.9 Å². The number of benzene rings is 2. The number of nitrogens with zero attached hydrogens (tertiary/aromatic N) is 4. The topological polar surface area (TPSA) is 51.2 Å². The summed E-state index contributed by atoms with van der Waals surface area (Å²) in [5.74, 6) is 0.910. The standard InChI is InChI=1S/C19H20ClN5O/c1-23-8-10-24(11-9-23)19-15-4-2-3-5-17(15)25(21-13-26)18-7-6-14(20)12-16(18)22-19/h2-7,12-13H,8-11H2,1H3,(H,21,26). The van der Waals surface area contributed by atoms with Gasteiger partial charge in [0.25, 0.3) is 0 Å². The SMILES string of the molecule is CN1CCN(C2=Nc3cc(Cl)ccc3N(NC=O)c3ccccc32)CC1. The van der Waals surface area contributed by atoms with E-state index in [1.807, 2.05) is 36.4 Å². The van der Waals surface area contributed by atoms with E-state index in [0.717, 1.165) is 54.6 Å². The van der Waals surface area contributed by atoms with Gasteiger partial charge in [-0.2, -0.15) is 0 Å². The summed E-state index contributed by atoms with van der Waals surface area (Å²) in [7, 11) is 2.13. The number of hydrogen-bond donors (Lipinski definition) is 1. The lowest BCUT2D eigenvalue weighted by Gasteiger charge is -2.35. The molecule has 1 N–H and O–H groups in total. The van der Waals surface area contributed by atoms with E-state index in [4.69, 9.17) is 16.6 Å². The van der Waals surface area contributed by atoms with E-state index >= 15 is 0 Å². The Bertz CT molecular complexity index is 861. The highest BCUT2D eigenvalue weighted by molar-refractivity contribution is 6.31. The largest absolute Gasteiger partial charge is 0.353 e. The fraction of sp³-hybridized carbons (Fsp3) is 0.263. The molecule has 2 aromatic rings. The molecule has 1 amide bonds. The van der Waals surface area contributed by atoms with Gasteiger partial charge >= 0.3 is 0 Å². The first kappa shape index (κ1) is 16.9. The molecular formula is C19H20ClN5O. The third-order valence-corrected chi connectivity index (χ3v) is 5.01. The Balaban J connectivity index is 1.89. The van der Waals surface area contributed by atoms with E-state index in [1.54, 1.807) is 11.1 Å². The number of amides is 1. The molecule has 1 saturated heterocycles. The second-order valence-corrected chi connectivity index (χ2v) is 6.89. The van der Waals surface area contributed by atoms with Crippen LogP contribution in [0.4, 0.5) is 17.1 Å².